The van der Waals surface area contributed by atoms with Crippen molar-refractivity contribution in [3.8, 4) is 16.9 Å². The molecule has 0 saturated heterocycles. The minimum atomic E-state index is -4.63. The van der Waals surface area contributed by atoms with Gasteiger partial charge in [-0.1, -0.05) is 19.9 Å². The van der Waals surface area contributed by atoms with Crippen LogP contribution >= 0.6 is 0 Å². The topological polar surface area (TPSA) is 111 Å². The standard InChI is InChI=1S/C23H21F3N8O/c1-13(2)20-31-32-33-34(20)18-7-16(19-5-4-14(3)9-27-19)6-17(8-18)21(35)28-10-15-11-29-22(30-12-15)23(24,25)26/h4-9,11-13H,10H2,1-3H3,(H,28,35). The molecule has 0 fully saturated rings. The van der Waals surface area contributed by atoms with Gasteiger partial charge in [0.15, 0.2) is 5.82 Å². The van der Waals surface area contributed by atoms with Crippen LogP contribution in [0.2, 0.25) is 0 Å². The van der Waals surface area contributed by atoms with Crippen LogP contribution in [0, 0.1) is 6.92 Å². The smallest absolute Gasteiger partial charge is 0.348 e. The van der Waals surface area contributed by atoms with Crippen molar-refractivity contribution in [2.24, 2.45) is 0 Å². The number of nitrogens with one attached hydrogen (secondary N) is 1. The fourth-order valence-electron chi connectivity index (χ4n) is 3.27. The molecule has 1 amide bonds. The summed E-state index contributed by atoms with van der Waals surface area (Å²) in [5.74, 6) is -1.03. The van der Waals surface area contributed by atoms with Crippen LogP contribution in [-0.4, -0.2) is 41.1 Å². The van der Waals surface area contributed by atoms with Crippen molar-refractivity contribution in [3.05, 3.63) is 77.3 Å². The number of nitrogens with zero attached hydrogens (tertiary/aromatic N) is 7. The van der Waals surface area contributed by atoms with E-state index < -0.39 is 17.9 Å². The molecule has 1 aromatic carbocycles. The fraction of sp³-hybridized carbons (Fsp3) is 0.261. The third kappa shape index (κ3) is 5.48. The van der Waals surface area contributed by atoms with Crippen LogP contribution in [0.5, 0.6) is 0 Å². The molecule has 0 saturated carbocycles. The number of carbonyl (C=O) groups excluding carboxylic acids is 1. The first-order valence-electron chi connectivity index (χ1n) is 10.6. The van der Waals surface area contributed by atoms with Crippen molar-refractivity contribution in [2.75, 3.05) is 0 Å². The fourth-order valence-corrected chi connectivity index (χ4v) is 3.27. The van der Waals surface area contributed by atoms with Gasteiger partial charge in [-0.15, -0.1) is 5.10 Å². The summed E-state index contributed by atoms with van der Waals surface area (Å²) in [5, 5.41) is 14.6. The van der Waals surface area contributed by atoms with E-state index in [-0.39, 0.29) is 12.5 Å². The molecule has 9 nitrogen and oxygen atoms in total. The van der Waals surface area contributed by atoms with Gasteiger partial charge < -0.3 is 5.32 Å². The Kier molecular flexibility index (Phi) is 6.54. The molecule has 0 atom stereocenters. The maximum Gasteiger partial charge on any atom is 0.451 e. The van der Waals surface area contributed by atoms with Gasteiger partial charge in [0.1, 0.15) is 0 Å². The van der Waals surface area contributed by atoms with E-state index in [2.05, 4.69) is 35.8 Å². The Balaban J connectivity index is 1.65. The summed E-state index contributed by atoms with van der Waals surface area (Å²) in [6.07, 6.45) is -0.842. The number of halogens is 3. The van der Waals surface area contributed by atoms with Crippen molar-refractivity contribution in [1.82, 2.24) is 40.5 Å². The van der Waals surface area contributed by atoms with E-state index in [0.717, 1.165) is 18.0 Å². The van der Waals surface area contributed by atoms with Crippen molar-refractivity contribution in [2.45, 2.75) is 39.4 Å². The Labute approximate surface area is 198 Å². The largest absolute Gasteiger partial charge is 0.451 e. The molecule has 12 heteroatoms. The molecule has 0 unspecified atom stereocenters. The highest BCUT2D eigenvalue weighted by Gasteiger charge is 2.34. The van der Waals surface area contributed by atoms with Gasteiger partial charge in [-0.2, -0.15) is 17.9 Å². The summed E-state index contributed by atoms with van der Waals surface area (Å²) >= 11 is 0. The Hall–Kier alpha value is -4.22. The number of tetrazole rings is 1. The van der Waals surface area contributed by atoms with Crippen LogP contribution in [-0.2, 0) is 12.7 Å². The lowest BCUT2D eigenvalue weighted by Gasteiger charge is -2.12. The van der Waals surface area contributed by atoms with E-state index in [4.69, 9.17) is 0 Å². The second-order valence-electron chi connectivity index (χ2n) is 8.19. The molecule has 3 aromatic heterocycles. The summed E-state index contributed by atoms with van der Waals surface area (Å²) in [7, 11) is 0. The summed E-state index contributed by atoms with van der Waals surface area (Å²) < 4.78 is 39.6. The molecular formula is C23H21F3N8O. The average molecular weight is 482 g/mol. The predicted molar refractivity (Wildman–Crippen MR) is 119 cm³/mol. The molecule has 1 N–H and O–H groups in total. The second-order valence-corrected chi connectivity index (χ2v) is 8.19. The van der Waals surface area contributed by atoms with E-state index in [1.165, 1.54) is 0 Å². The van der Waals surface area contributed by atoms with Crippen molar-refractivity contribution >= 4 is 5.91 Å². The maximum absolute atomic E-state index is 13.0. The molecule has 35 heavy (non-hydrogen) atoms. The summed E-state index contributed by atoms with van der Waals surface area (Å²) in [5.41, 5.74) is 3.52. The van der Waals surface area contributed by atoms with Gasteiger partial charge in [0, 0.05) is 47.7 Å². The zero-order chi connectivity index (χ0) is 25.2. The first-order valence-corrected chi connectivity index (χ1v) is 10.6. The highest BCUT2D eigenvalue weighted by molar-refractivity contribution is 5.96. The first-order chi connectivity index (χ1) is 16.6. The molecule has 0 aliphatic rings. The van der Waals surface area contributed by atoms with Crippen LogP contribution in [0.15, 0.2) is 48.9 Å². The van der Waals surface area contributed by atoms with Gasteiger partial charge in [-0.3, -0.25) is 9.78 Å². The number of hydrogen-bond acceptors (Lipinski definition) is 7. The van der Waals surface area contributed by atoms with Gasteiger partial charge >= 0.3 is 6.18 Å². The molecule has 0 aliphatic carbocycles. The second kappa shape index (κ2) is 9.57. The minimum Gasteiger partial charge on any atom is -0.348 e. The molecule has 0 bridgehead atoms. The predicted octanol–water partition coefficient (Wildman–Crippen LogP) is 3.89. The number of aromatic nitrogens is 7. The molecule has 0 radical (unpaired) electrons. The Morgan fingerprint density at radius 1 is 1.06 bits per heavy atom. The van der Waals surface area contributed by atoms with Crippen molar-refractivity contribution < 1.29 is 18.0 Å². The molecule has 180 valence electrons. The number of alkyl halides is 3. The van der Waals surface area contributed by atoms with Gasteiger partial charge in [-0.25, -0.2) is 9.97 Å². The number of pyridine rings is 1. The van der Waals surface area contributed by atoms with E-state index >= 15 is 0 Å². The van der Waals surface area contributed by atoms with Crippen LogP contribution in [0.1, 0.15) is 52.9 Å². The minimum absolute atomic E-state index is 0.0307. The third-order valence-electron chi connectivity index (χ3n) is 5.05. The number of amides is 1. The molecule has 3 heterocycles. The highest BCUT2D eigenvalue weighted by atomic mass is 19.4. The quantitative estimate of drug-likeness (QED) is 0.444. The van der Waals surface area contributed by atoms with Gasteiger partial charge in [0.2, 0.25) is 5.82 Å². The highest BCUT2D eigenvalue weighted by Crippen LogP contribution is 2.26. The zero-order valence-electron chi connectivity index (χ0n) is 19.1. The maximum atomic E-state index is 13.0. The van der Waals surface area contributed by atoms with Crippen LogP contribution in [0.25, 0.3) is 16.9 Å². The molecular weight excluding hydrogens is 461 g/mol. The summed E-state index contributed by atoms with van der Waals surface area (Å²) in [6, 6.07) is 8.91. The van der Waals surface area contributed by atoms with Crippen molar-refractivity contribution in [1.29, 1.82) is 0 Å². The van der Waals surface area contributed by atoms with Gasteiger partial charge in [0.05, 0.1) is 11.4 Å². The van der Waals surface area contributed by atoms with Crippen LogP contribution in [0.4, 0.5) is 13.2 Å². The number of carbonyl (C=O) groups is 1. The van der Waals surface area contributed by atoms with Crippen LogP contribution in [0.3, 0.4) is 0 Å². The lowest BCUT2D eigenvalue weighted by Crippen LogP contribution is -2.23. The van der Waals surface area contributed by atoms with Gasteiger partial charge in [-0.05, 0) is 47.2 Å². The van der Waals surface area contributed by atoms with Crippen molar-refractivity contribution in [3.63, 3.8) is 0 Å². The summed E-state index contributed by atoms with van der Waals surface area (Å²) in [6.45, 7) is 5.77. The molecule has 0 aliphatic heterocycles. The average Bonchev–Trinajstić information content (AvgIpc) is 3.33. The SMILES string of the molecule is Cc1ccc(-c2cc(C(=O)NCc3cnc(C(F)(F)F)nc3)cc(-n3nnnc3C(C)C)c2)nc1. The Morgan fingerprint density at radius 2 is 1.80 bits per heavy atom. The first kappa shape index (κ1) is 23.9. The third-order valence-corrected chi connectivity index (χ3v) is 5.05. The van der Waals surface area contributed by atoms with E-state index in [9.17, 15) is 18.0 Å². The Bertz CT molecular complexity index is 1330. The zero-order valence-corrected chi connectivity index (χ0v) is 19.1. The molecule has 0 spiro atoms. The number of benzene rings is 1. The van der Waals surface area contributed by atoms with Crippen LogP contribution < -0.4 is 5.32 Å². The van der Waals surface area contributed by atoms with E-state index in [1.807, 2.05) is 39.0 Å². The number of hydrogen-bond donors (Lipinski definition) is 1. The van der Waals surface area contributed by atoms with Gasteiger partial charge in [0.25, 0.3) is 5.91 Å². The normalized spacial score (nSPS) is 11.6. The Morgan fingerprint density at radius 3 is 2.43 bits per heavy atom. The number of rotatable bonds is 6. The molecule has 4 rings (SSSR count). The summed E-state index contributed by atoms with van der Waals surface area (Å²) in [4.78, 5) is 24.1. The lowest BCUT2D eigenvalue weighted by atomic mass is 10.0. The van der Waals surface area contributed by atoms with E-state index in [1.54, 1.807) is 23.0 Å². The monoisotopic (exact) mass is 482 g/mol. The number of aryl methyl sites for hydroxylation is 1. The molecule has 4 aromatic rings. The lowest BCUT2D eigenvalue weighted by molar-refractivity contribution is -0.145. The van der Waals surface area contributed by atoms with E-state index in [0.29, 0.717) is 33.9 Å².